The molecule has 2 aromatic rings. The van der Waals surface area contributed by atoms with Gasteiger partial charge < -0.3 is 5.11 Å². The van der Waals surface area contributed by atoms with Crippen LogP contribution in [0.15, 0.2) is 47.2 Å². The fourth-order valence-corrected chi connectivity index (χ4v) is 4.82. The number of allylic oxidation sites excluding steroid dienone is 1. The number of thioether (sulfide) groups is 2. The van der Waals surface area contributed by atoms with Crippen molar-refractivity contribution in [1.29, 1.82) is 5.26 Å². The van der Waals surface area contributed by atoms with Gasteiger partial charge in [-0.2, -0.15) is 5.26 Å². The van der Waals surface area contributed by atoms with E-state index in [0.717, 1.165) is 9.99 Å². The molecule has 3 rings (SSSR count). The molecule has 100 valence electrons. The van der Waals surface area contributed by atoms with Crippen LogP contribution in [-0.2, 0) is 0 Å². The first-order valence-corrected chi connectivity index (χ1v) is 7.85. The second-order valence-corrected chi connectivity index (χ2v) is 6.73. The second-order valence-electron chi connectivity index (χ2n) is 4.23. The van der Waals surface area contributed by atoms with E-state index < -0.39 is 0 Å². The zero-order valence-corrected chi connectivity index (χ0v) is 12.1. The summed E-state index contributed by atoms with van der Waals surface area (Å²) in [5, 5.41) is 19.0. The molecule has 1 aliphatic rings. The van der Waals surface area contributed by atoms with Crippen LogP contribution in [0.25, 0.3) is 5.70 Å². The molecule has 2 heterocycles. The number of phenols is 1. The lowest BCUT2D eigenvalue weighted by Crippen LogP contribution is -1.92. The van der Waals surface area contributed by atoms with Gasteiger partial charge in [-0.3, -0.25) is 4.57 Å². The molecule has 20 heavy (non-hydrogen) atoms. The maximum atomic E-state index is 9.34. The first kappa shape index (κ1) is 13.2. The first-order chi connectivity index (χ1) is 9.78. The SMILES string of the molecule is N#CC(=C1SCC(c2ccc(O)cc2)S1)n1ccnc1. The number of phenolic OH excluding ortho intramolecular Hbond substituents is 1. The van der Waals surface area contributed by atoms with Crippen LogP contribution in [0, 0.1) is 11.3 Å². The smallest absolute Gasteiger partial charge is 0.145 e. The Morgan fingerprint density at radius 3 is 2.85 bits per heavy atom. The summed E-state index contributed by atoms with van der Waals surface area (Å²) in [5.74, 6) is 1.20. The topological polar surface area (TPSA) is 61.8 Å². The van der Waals surface area contributed by atoms with Crippen molar-refractivity contribution in [3.63, 3.8) is 0 Å². The van der Waals surface area contributed by atoms with E-state index in [-0.39, 0.29) is 5.75 Å². The van der Waals surface area contributed by atoms with Crippen LogP contribution in [-0.4, -0.2) is 20.4 Å². The Morgan fingerprint density at radius 1 is 1.40 bits per heavy atom. The van der Waals surface area contributed by atoms with E-state index in [1.807, 2.05) is 12.1 Å². The number of hydrogen-bond acceptors (Lipinski definition) is 5. The lowest BCUT2D eigenvalue weighted by molar-refractivity contribution is 0.475. The van der Waals surface area contributed by atoms with Crippen molar-refractivity contribution in [2.75, 3.05) is 5.75 Å². The molecule has 1 aliphatic heterocycles. The van der Waals surface area contributed by atoms with Gasteiger partial charge in [-0.05, 0) is 17.7 Å². The zero-order valence-electron chi connectivity index (χ0n) is 10.4. The molecular weight excluding hydrogens is 290 g/mol. The normalized spacial score (nSPS) is 20.6. The Hall–Kier alpha value is -1.84. The lowest BCUT2D eigenvalue weighted by Gasteiger charge is -2.08. The Kier molecular flexibility index (Phi) is 3.72. The summed E-state index contributed by atoms with van der Waals surface area (Å²) >= 11 is 3.38. The Balaban J connectivity index is 1.86. The van der Waals surface area contributed by atoms with Crippen molar-refractivity contribution < 1.29 is 5.11 Å². The molecule has 1 aromatic carbocycles. The van der Waals surface area contributed by atoms with Crippen LogP contribution in [0.1, 0.15) is 10.8 Å². The molecule has 0 amide bonds. The van der Waals surface area contributed by atoms with Crippen LogP contribution >= 0.6 is 23.5 Å². The minimum absolute atomic E-state index is 0.274. The van der Waals surface area contributed by atoms with Crippen molar-refractivity contribution in [2.45, 2.75) is 5.25 Å². The first-order valence-electron chi connectivity index (χ1n) is 5.99. The van der Waals surface area contributed by atoms with Gasteiger partial charge in [0.25, 0.3) is 0 Å². The van der Waals surface area contributed by atoms with Crippen molar-refractivity contribution in [2.24, 2.45) is 0 Å². The number of benzene rings is 1. The predicted molar refractivity (Wildman–Crippen MR) is 82.0 cm³/mol. The number of rotatable bonds is 2. The highest BCUT2D eigenvalue weighted by Gasteiger charge is 2.26. The number of nitriles is 1. The summed E-state index contributed by atoms with van der Waals surface area (Å²) in [6.07, 6.45) is 5.08. The lowest BCUT2D eigenvalue weighted by atomic mass is 10.1. The third kappa shape index (κ3) is 2.55. The van der Waals surface area contributed by atoms with Crippen LogP contribution in [0.5, 0.6) is 5.75 Å². The Bertz CT molecular complexity index is 671. The van der Waals surface area contributed by atoms with Crippen LogP contribution < -0.4 is 0 Å². The number of imidazole rings is 1. The molecule has 1 fully saturated rings. The summed E-state index contributed by atoms with van der Waals surface area (Å²) in [6.45, 7) is 0. The zero-order chi connectivity index (χ0) is 13.9. The Labute approximate surface area is 125 Å². The number of nitrogens with zero attached hydrogens (tertiary/aromatic N) is 3. The van der Waals surface area contributed by atoms with E-state index in [1.54, 1.807) is 58.9 Å². The maximum Gasteiger partial charge on any atom is 0.145 e. The van der Waals surface area contributed by atoms with E-state index >= 15 is 0 Å². The highest BCUT2D eigenvalue weighted by atomic mass is 32.2. The van der Waals surface area contributed by atoms with Crippen molar-refractivity contribution in [3.05, 3.63) is 52.8 Å². The van der Waals surface area contributed by atoms with Crippen LogP contribution in [0.4, 0.5) is 0 Å². The number of aromatic hydroxyl groups is 1. The largest absolute Gasteiger partial charge is 0.508 e. The molecule has 1 saturated heterocycles. The van der Waals surface area contributed by atoms with Gasteiger partial charge in [0.1, 0.15) is 17.5 Å². The average molecular weight is 301 g/mol. The molecule has 6 heteroatoms. The third-order valence-corrected chi connectivity index (χ3v) is 5.88. The third-order valence-electron chi connectivity index (χ3n) is 2.94. The van der Waals surface area contributed by atoms with Crippen molar-refractivity contribution in [1.82, 2.24) is 9.55 Å². The molecule has 1 atom stereocenters. The van der Waals surface area contributed by atoms with Gasteiger partial charge in [-0.25, -0.2) is 4.98 Å². The molecular formula is C14H11N3OS2. The van der Waals surface area contributed by atoms with E-state index in [1.165, 1.54) is 5.56 Å². The quantitative estimate of drug-likeness (QED) is 0.861. The monoisotopic (exact) mass is 301 g/mol. The number of hydrogen-bond donors (Lipinski definition) is 1. The summed E-state index contributed by atoms with van der Waals surface area (Å²) in [6, 6.07) is 9.50. The van der Waals surface area contributed by atoms with Crippen LogP contribution in [0.2, 0.25) is 0 Å². The summed E-state index contributed by atoms with van der Waals surface area (Å²) in [4.78, 5) is 3.98. The van der Waals surface area contributed by atoms with Gasteiger partial charge in [-0.15, -0.1) is 23.5 Å². The van der Waals surface area contributed by atoms with Gasteiger partial charge in [0.05, 0.1) is 10.6 Å². The van der Waals surface area contributed by atoms with Crippen LogP contribution in [0.3, 0.4) is 0 Å². The minimum Gasteiger partial charge on any atom is -0.508 e. The molecule has 0 radical (unpaired) electrons. The summed E-state index contributed by atoms with van der Waals surface area (Å²) in [7, 11) is 0. The van der Waals surface area contributed by atoms with Gasteiger partial charge in [0.2, 0.25) is 0 Å². The van der Waals surface area contributed by atoms with Crippen molar-refractivity contribution >= 4 is 29.2 Å². The van der Waals surface area contributed by atoms with E-state index in [0.29, 0.717) is 10.9 Å². The molecule has 0 bridgehead atoms. The second kappa shape index (κ2) is 5.65. The highest BCUT2D eigenvalue weighted by Crippen LogP contribution is 2.52. The molecule has 1 aromatic heterocycles. The fourth-order valence-electron chi connectivity index (χ4n) is 1.93. The highest BCUT2D eigenvalue weighted by molar-refractivity contribution is 8.25. The van der Waals surface area contributed by atoms with E-state index in [4.69, 9.17) is 0 Å². The van der Waals surface area contributed by atoms with E-state index in [2.05, 4.69) is 11.1 Å². The van der Waals surface area contributed by atoms with Gasteiger partial charge in [0, 0.05) is 23.4 Å². The molecule has 4 nitrogen and oxygen atoms in total. The fraction of sp³-hybridized carbons (Fsp3) is 0.143. The predicted octanol–water partition coefficient (Wildman–Crippen LogP) is 3.46. The Morgan fingerprint density at radius 2 is 2.20 bits per heavy atom. The molecule has 0 aliphatic carbocycles. The van der Waals surface area contributed by atoms with E-state index in [9.17, 15) is 10.4 Å². The van der Waals surface area contributed by atoms with Gasteiger partial charge in [0.15, 0.2) is 0 Å². The van der Waals surface area contributed by atoms with Gasteiger partial charge >= 0.3 is 0 Å². The molecule has 0 spiro atoms. The van der Waals surface area contributed by atoms with Crippen molar-refractivity contribution in [3.8, 4) is 11.8 Å². The van der Waals surface area contributed by atoms with Gasteiger partial charge in [-0.1, -0.05) is 12.1 Å². The summed E-state index contributed by atoms with van der Waals surface area (Å²) in [5.41, 5.74) is 1.79. The molecule has 1 N–H and O–H groups in total. The average Bonchev–Trinajstić information content (AvgIpc) is 3.12. The number of aromatic nitrogens is 2. The minimum atomic E-state index is 0.274. The molecule has 0 saturated carbocycles. The summed E-state index contributed by atoms with van der Waals surface area (Å²) < 4.78 is 2.76. The standard InChI is InChI=1S/C14H11N3OS2/c15-7-12(17-6-5-16-9-17)14-19-8-13(20-14)10-1-3-11(18)4-2-10/h1-6,9,13,18H,8H2. The maximum absolute atomic E-state index is 9.34. The molecule has 1 unspecified atom stereocenters.